The van der Waals surface area contributed by atoms with Crippen LogP contribution < -0.4 is 10.6 Å². The van der Waals surface area contributed by atoms with Gasteiger partial charge in [-0.1, -0.05) is 12.1 Å². The molecule has 86 valence electrons. The number of para-hydroxylation sites is 2. The molecular formula is C11H15N3O2. The van der Waals surface area contributed by atoms with Crippen molar-refractivity contribution in [2.75, 3.05) is 18.4 Å². The molecule has 0 aliphatic carbocycles. The van der Waals surface area contributed by atoms with Crippen LogP contribution in [0, 0.1) is 10.1 Å². The lowest BCUT2D eigenvalue weighted by atomic mass is 10.0. The fourth-order valence-electron chi connectivity index (χ4n) is 1.99. The topological polar surface area (TPSA) is 67.2 Å². The van der Waals surface area contributed by atoms with Gasteiger partial charge in [-0.05, 0) is 26.0 Å². The zero-order valence-corrected chi connectivity index (χ0v) is 9.19. The third-order valence-corrected chi connectivity index (χ3v) is 2.91. The molecule has 1 saturated heterocycles. The van der Waals surface area contributed by atoms with Crippen LogP contribution in [0.4, 0.5) is 11.4 Å². The molecule has 1 aromatic rings. The van der Waals surface area contributed by atoms with E-state index in [0.717, 1.165) is 19.5 Å². The Morgan fingerprint density at radius 1 is 1.50 bits per heavy atom. The molecule has 16 heavy (non-hydrogen) atoms. The largest absolute Gasteiger partial charge is 0.373 e. The normalized spacial score (nSPS) is 24.3. The van der Waals surface area contributed by atoms with Gasteiger partial charge in [0.1, 0.15) is 5.69 Å². The number of benzene rings is 1. The molecule has 5 nitrogen and oxygen atoms in total. The van der Waals surface area contributed by atoms with E-state index in [1.807, 2.05) is 0 Å². The van der Waals surface area contributed by atoms with E-state index in [2.05, 4.69) is 17.6 Å². The van der Waals surface area contributed by atoms with Crippen molar-refractivity contribution >= 4 is 11.4 Å². The van der Waals surface area contributed by atoms with Crippen molar-refractivity contribution in [3.63, 3.8) is 0 Å². The van der Waals surface area contributed by atoms with E-state index < -0.39 is 0 Å². The lowest BCUT2D eigenvalue weighted by molar-refractivity contribution is -0.384. The standard InChI is InChI=1S/C11H15N3O2/c1-11(6-7-12-8-11)13-9-4-2-3-5-10(9)14(15)16/h2-5,12-13H,6-8H2,1H3. The molecule has 5 heteroatoms. The molecule has 1 atom stereocenters. The first-order valence-corrected chi connectivity index (χ1v) is 5.33. The van der Waals surface area contributed by atoms with Gasteiger partial charge in [-0.25, -0.2) is 0 Å². The number of hydrogen-bond donors (Lipinski definition) is 2. The maximum atomic E-state index is 10.8. The van der Waals surface area contributed by atoms with E-state index in [4.69, 9.17) is 0 Å². The van der Waals surface area contributed by atoms with E-state index in [9.17, 15) is 10.1 Å². The van der Waals surface area contributed by atoms with E-state index >= 15 is 0 Å². The lowest BCUT2D eigenvalue weighted by Gasteiger charge is -2.25. The first kappa shape index (κ1) is 10.9. The van der Waals surface area contributed by atoms with Crippen molar-refractivity contribution in [2.24, 2.45) is 0 Å². The molecule has 1 aliphatic rings. The number of rotatable bonds is 3. The number of nitro groups is 1. The van der Waals surface area contributed by atoms with E-state index in [1.54, 1.807) is 18.2 Å². The molecule has 0 saturated carbocycles. The van der Waals surface area contributed by atoms with Crippen molar-refractivity contribution in [3.8, 4) is 0 Å². The second-order valence-electron chi connectivity index (χ2n) is 4.39. The Morgan fingerprint density at radius 2 is 2.25 bits per heavy atom. The number of hydrogen-bond acceptors (Lipinski definition) is 4. The molecule has 0 spiro atoms. The van der Waals surface area contributed by atoms with Gasteiger partial charge in [0.15, 0.2) is 0 Å². The Labute approximate surface area is 94.0 Å². The van der Waals surface area contributed by atoms with Gasteiger partial charge >= 0.3 is 0 Å². The third kappa shape index (κ3) is 2.14. The highest BCUT2D eigenvalue weighted by Crippen LogP contribution is 2.28. The van der Waals surface area contributed by atoms with Crippen molar-refractivity contribution in [2.45, 2.75) is 18.9 Å². The van der Waals surface area contributed by atoms with Gasteiger partial charge in [-0.15, -0.1) is 0 Å². The molecule has 2 N–H and O–H groups in total. The van der Waals surface area contributed by atoms with Crippen LogP contribution in [0.25, 0.3) is 0 Å². The smallest absolute Gasteiger partial charge is 0.292 e. The molecule has 2 rings (SSSR count). The molecule has 0 bridgehead atoms. The monoisotopic (exact) mass is 221 g/mol. The highest BCUT2D eigenvalue weighted by molar-refractivity contribution is 5.62. The van der Waals surface area contributed by atoms with Gasteiger partial charge in [0, 0.05) is 18.2 Å². The minimum Gasteiger partial charge on any atom is -0.373 e. The average Bonchev–Trinajstić information content (AvgIpc) is 2.65. The summed E-state index contributed by atoms with van der Waals surface area (Å²) < 4.78 is 0. The molecule has 1 heterocycles. The highest BCUT2D eigenvalue weighted by atomic mass is 16.6. The second-order valence-corrected chi connectivity index (χ2v) is 4.39. The van der Waals surface area contributed by atoms with E-state index in [0.29, 0.717) is 5.69 Å². The van der Waals surface area contributed by atoms with Gasteiger partial charge in [0.25, 0.3) is 5.69 Å². The summed E-state index contributed by atoms with van der Waals surface area (Å²) >= 11 is 0. The minimum absolute atomic E-state index is 0.0912. The highest BCUT2D eigenvalue weighted by Gasteiger charge is 2.30. The predicted octanol–water partition coefficient (Wildman–Crippen LogP) is 1.76. The Morgan fingerprint density at radius 3 is 2.88 bits per heavy atom. The maximum absolute atomic E-state index is 10.8. The summed E-state index contributed by atoms with van der Waals surface area (Å²) in [6.07, 6.45) is 0.971. The van der Waals surface area contributed by atoms with Crippen LogP contribution in [0.1, 0.15) is 13.3 Å². The fraction of sp³-hybridized carbons (Fsp3) is 0.455. The average molecular weight is 221 g/mol. The molecule has 0 amide bonds. The Hall–Kier alpha value is -1.62. The first-order valence-electron chi connectivity index (χ1n) is 5.33. The van der Waals surface area contributed by atoms with Crippen molar-refractivity contribution in [1.29, 1.82) is 0 Å². The lowest BCUT2D eigenvalue weighted by Crippen LogP contribution is -2.37. The van der Waals surface area contributed by atoms with Crippen LogP contribution in [0.15, 0.2) is 24.3 Å². The van der Waals surface area contributed by atoms with Gasteiger partial charge in [0.05, 0.1) is 4.92 Å². The molecule has 1 fully saturated rings. The summed E-state index contributed by atoms with van der Waals surface area (Å²) in [4.78, 5) is 10.5. The van der Waals surface area contributed by atoms with Crippen molar-refractivity contribution in [3.05, 3.63) is 34.4 Å². The summed E-state index contributed by atoms with van der Waals surface area (Å²) in [6.45, 7) is 3.85. The van der Waals surface area contributed by atoms with Crippen molar-refractivity contribution < 1.29 is 4.92 Å². The van der Waals surface area contributed by atoms with Crippen LogP contribution in [-0.2, 0) is 0 Å². The van der Waals surface area contributed by atoms with Crippen LogP contribution >= 0.6 is 0 Å². The van der Waals surface area contributed by atoms with Gasteiger partial charge in [-0.2, -0.15) is 0 Å². The summed E-state index contributed by atoms with van der Waals surface area (Å²) in [7, 11) is 0. The number of nitro benzene ring substituents is 1. The molecule has 1 unspecified atom stereocenters. The first-order chi connectivity index (χ1) is 7.61. The Bertz CT molecular complexity index is 400. The molecular weight excluding hydrogens is 206 g/mol. The number of nitrogens with one attached hydrogen (secondary N) is 2. The summed E-state index contributed by atoms with van der Waals surface area (Å²) in [5, 5.41) is 17.4. The fourth-order valence-corrected chi connectivity index (χ4v) is 1.99. The second kappa shape index (κ2) is 4.09. The van der Waals surface area contributed by atoms with E-state index in [-0.39, 0.29) is 16.1 Å². The van der Waals surface area contributed by atoms with Crippen molar-refractivity contribution in [1.82, 2.24) is 5.32 Å². The zero-order valence-electron chi connectivity index (χ0n) is 9.19. The molecule has 0 radical (unpaired) electrons. The van der Waals surface area contributed by atoms with Crippen LogP contribution in [-0.4, -0.2) is 23.6 Å². The summed E-state index contributed by atoms with van der Waals surface area (Å²) in [5.74, 6) is 0. The quantitative estimate of drug-likeness (QED) is 0.603. The van der Waals surface area contributed by atoms with Crippen LogP contribution in [0.2, 0.25) is 0 Å². The molecule has 0 aromatic heterocycles. The van der Waals surface area contributed by atoms with Gasteiger partial charge < -0.3 is 10.6 Å². The van der Waals surface area contributed by atoms with E-state index in [1.165, 1.54) is 6.07 Å². The Kier molecular flexibility index (Phi) is 2.78. The summed E-state index contributed by atoms with van der Waals surface area (Å²) in [5.41, 5.74) is 0.640. The van der Waals surface area contributed by atoms with Crippen LogP contribution in [0.5, 0.6) is 0 Å². The molecule has 1 aliphatic heterocycles. The molecule has 1 aromatic carbocycles. The minimum atomic E-state index is -0.353. The Balaban J connectivity index is 2.23. The maximum Gasteiger partial charge on any atom is 0.292 e. The zero-order chi connectivity index (χ0) is 11.6. The summed E-state index contributed by atoms with van der Waals surface area (Å²) in [6, 6.07) is 6.76. The number of nitrogens with zero attached hydrogens (tertiary/aromatic N) is 1. The number of anilines is 1. The van der Waals surface area contributed by atoms with Gasteiger partial charge in [0.2, 0.25) is 0 Å². The van der Waals surface area contributed by atoms with Crippen LogP contribution in [0.3, 0.4) is 0 Å². The predicted molar refractivity (Wildman–Crippen MR) is 62.6 cm³/mol. The third-order valence-electron chi connectivity index (χ3n) is 2.91. The van der Waals surface area contributed by atoms with Gasteiger partial charge in [-0.3, -0.25) is 10.1 Å². The SMILES string of the molecule is CC1(Nc2ccccc2[N+](=O)[O-])CCNC1.